The van der Waals surface area contributed by atoms with Crippen LogP contribution in [0, 0.1) is 11.3 Å². The standard InChI is InChI=1S/C20H18N2O3/c1-13(23)10-14-4-2-3-5-16(14)19-12-22-20(24)18-11-15(25-9-8-21)6-7-17(18)19/h2-7,11-13,23H,9-10H2,1H3,(H,22,24). The molecule has 5 heteroatoms. The molecule has 0 radical (unpaired) electrons. The number of aromatic amines is 1. The number of fused-ring (bicyclic) bond motifs is 1. The van der Waals surface area contributed by atoms with Gasteiger partial charge in [-0.15, -0.1) is 0 Å². The normalized spacial score (nSPS) is 11.9. The molecule has 1 aromatic heterocycles. The molecule has 3 rings (SSSR count). The summed E-state index contributed by atoms with van der Waals surface area (Å²) in [5.74, 6) is 0.481. The zero-order chi connectivity index (χ0) is 17.8. The predicted octanol–water partition coefficient (Wildman–Crippen LogP) is 3.02. The summed E-state index contributed by atoms with van der Waals surface area (Å²) in [5.41, 5.74) is 2.65. The van der Waals surface area contributed by atoms with Gasteiger partial charge < -0.3 is 14.8 Å². The van der Waals surface area contributed by atoms with Crippen molar-refractivity contribution in [1.82, 2.24) is 4.98 Å². The molecule has 1 unspecified atom stereocenters. The fourth-order valence-corrected chi connectivity index (χ4v) is 2.95. The molecule has 0 saturated carbocycles. The largest absolute Gasteiger partial charge is 0.479 e. The summed E-state index contributed by atoms with van der Waals surface area (Å²) in [6.45, 7) is 1.68. The summed E-state index contributed by atoms with van der Waals surface area (Å²) < 4.78 is 5.29. The van der Waals surface area contributed by atoms with E-state index >= 15 is 0 Å². The number of nitrogens with zero attached hydrogens (tertiary/aromatic N) is 1. The molecule has 2 N–H and O–H groups in total. The molecule has 0 fully saturated rings. The van der Waals surface area contributed by atoms with E-state index in [1.807, 2.05) is 36.4 Å². The minimum absolute atomic E-state index is 0.0691. The van der Waals surface area contributed by atoms with Crippen molar-refractivity contribution in [2.24, 2.45) is 0 Å². The molecule has 126 valence electrons. The van der Waals surface area contributed by atoms with E-state index in [0.29, 0.717) is 17.6 Å². The number of hydrogen-bond donors (Lipinski definition) is 2. The maximum absolute atomic E-state index is 12.2. The van der Waals surface area contributed by atoms with Gasteiger partial charge in [-0.05, 0) is 48.1 Å². The average molecular weight is 334 g/mol. The van der Waals surface area contributed by atoms with E-state index in [0.717, 1.165) is 22.1 Å². The Morgan fingerprint density at radius 1 is 1.20 bits per heavy atom. The van der Waals surface area contributed by atoms with Crippen LogP contribution in [0.15, 0.2) is 53.5 Å². The van der Waals surface area contributed by atoms with E-state index in [2.05, 4.69) is 4.98 Å². The van der Waals surface area contributed by atoms with E-state index in [4.69, 9.17) is 10.00 Å². The number of aliphatic hydroxyl groups is 1. The van der Waals surface area contributed by atoms with E-state index in [1.54, 1.807) is 25.3 Å². The van der Waals surface area contributed by atoms with Gasteiger partial charge in [0, 0.05) is 11.8 Å². The van der Waals surface area contributed by atoms with Crippen LogP contribution in [-0.2, 0) is 6.42 Å². The summed E-state index contributed by atoms with van der Waals surface area (Å²) in [4.78, 5) is 15.0. The number of rotatable bonds is 5. The Morgan fingerprint density at radius 3 is 2.76 bits per heavy atom. The van der Waals surface area contributed by atoms with E-state index in [-0.39, 0.29) is 12.2 Å². The Labute approximate surface area is 145 Å². The van der Waals surface area contributed by atoms with E-state index < -0.39 is 6.10 Å². The van der Waals surface area contributed by atoms with Crippen molar-refractivity contribution >= 4 is 10.8 Å². The molecule has 0 amide bonds. The molecule has 25 heavy (non-hydrogen) atoms. The van der Waals surface area contributed by atoms with Crippen molar-refractivity contribution in [2.45, 2.75) is 19.4 Å². The summed E-state index contributed by atoms with van der Waals surface area (Å²) in [6.07, 6.45) is 1.77. The van der Waals surface area contributed by atoms with Gasteiger partial charge >= 0.3 is 0 Å². The minimum atomic E-state index is -0.457. The van der Waals surface area contributed by atoms with E-state index in [9.17, 15) is 9.90 Å². The molecule has 0 aliphatic heterocycles. The van der Waals surface area contributed by atoms with Crippen molar-refractivity contribution in [2.75, 3.05) is 6.61 Å². The predicted molar refractivity (Wildman–Crippen MR) is 96.5 cm³/mol. The lowest BCUT2D eigenvalue weighted by Gasteiger charge is -2.13. The molecule has 0 aliphatic carbocycles. The quantitative estimate of drug-likeness (QED) is 0.751. The summed E-state index contributed by atoms with van der Waals surface area (Å²) in [6, 6.07) is 14.9. The van der Waals surface area contributed by atoms with Crippen molar-refractivity contribution in [1.29, 1.82) is 5.26 Å². The molecule has 2 aromatic carbocycles. The lowest BCUT2D eigenvalue weighted by Crippen LogP contribution is -2.08. The average Bonchev–Trinajstić information content (AvgIpc) is 2.61. The molecule has 1 heterocycles. The highest BCUT2D eigenvalue weighted by Crippen LogP contribution is 2.31. The summed E-state index contributed by atoms with van der Waals surface area (Å²) >= 11 is 0. The molecular formula is C20H18N2O3. The third-order valence-corrected chi connectivity index (χ3v) is 4.00. The molecule has 0 spiro atoms. The fourth-order valence-electron chi connectivity index (χ4n) is 2.95. The Morgan fingerprint density at radius 2 is 2.00 bits per heavy atom. The van der Waals surface area contributed by atoms with Gasteiger partial charge in [-0.25, -0.2) is 0 Å². The highest BCUT2D eigenvalue weighted by Gasteiger charge is 2.12. The van der Waals surface area contributed by atoms with Gasteiger partial charge in [-0.2, -0.15) is 5.26 Å². The maximum atomic E-state index is 12.2. The first-order valence-electron chi connectivity index (χ1n) is 8.01. The molecular weight excluding hydrogens is 316 g/mol. The second kappa shape index (κ2) is 7.20. The van der Waals surface area contributed by atoms with Crippen molar-refractivity contribution in [3.63, 3.8) is 0 Å². The van der Waals surface area contributed by atoms with Gasteiger partial charge in [-0.1, -0.05) is 24.3 Å². The molecule has 3 aromatic rings. The van der Waals surface area contributed by atoms with Crippen LogP contribution in [0.5, 0.6) is 5.75 Å². The second-order valence-electron chi connectivity index (χ2n) is 5.90. The van der Waals surface area contributed by atoms with Gasteiger partial charge in [0.1, 0.15) is 11.8 Å². The highest BCUT2D eigenvalue weighted by atomic mass is 16.5. The van der Waals surface area contributed by atoms with Crippen LogP contribution < -0.4 is 10.3 Å². The van der Waals surface area contributed by atoms with Crippen LogP contribution in [0.2, 0.25) is 0 Å². The van der Waals surface area contributed by atoms with E-state index in [1.165, 1.54) is 0 Å². The number of aromatic nitrogens is 1. The summed E-state index contributed by atoms with van der Waals surface area (Å²) in [5, 5.41) is 19.7. The SMILES string of the molecule is CC(O)Cc1ccccc1-c1c[nH]c(=O)c2cc(OCC#N)ccc12. The van der Waals surface area contributed by atoms with Crippen molar-refractivity contribution < 1.29 is 9.84 Å². The van der Waals surface area contributed by atoms with Crippen LogP contribution in [0.3, 0.4) is 0 Å². The first-order valence-corrected chi connectivity index (χ1v) is 8.01. The maximum Gasteiger partial charge on any atom is 0.255 e. The number of benzene rings is 2. The monoisotopic (exact) mass is 334 g/mol. The van der Waals surface area contributed by atoms with Gasteiger partial charge in [0.05, 0.1) is 11.5 Å². The minimum Gasteiger partial charge on any atom is -0.479 e. The number of aliphatic hydroxyl groups excluding tert-OH is 1. The number of nitrogens with one attached hydrogen (secondary N) is 1. The van der Waals surface area contributed by atoms with Crippen LogP contribution in [0.25, 0.3) is 21.9 Å². The third kappa shape index (κ3) is 3.54. The lowest BCUT2D eigenvalue weighted by molar-refractivity contribution is 0.195. The van der Waals surface area contributed by atoms with Gasteiger partial charge in [0.2, 0.25) is 0 Å². The van der Waals surface area contributed by atoms with Crippen LogP contribution in [-0.4, -0.2) is 22.8 Å². The molecule has 5 nitrogen and oxygen atoms in total. The third-order valence-electron chi connectivity index (χ3n) is 4.00. The zero-order valence-electron chi connectivity index (χ0n) is 13.8. The van der Waals surface area contributed by atoms with Crippen LogP contribution in [0.4, 0.5) is 0 Å². The summed E-state index contributed by atoms with van der Waals surface area (Å²) in [7, 11) is 0. The van der Waals surface area contributed by atoms with Gasteiger partial charge in [-0.3, -0.25) is 4.79 Å². The number of nitriles is 1. The zero-order valence-corrected chi connectivity index (χ0v) is 13.8. The van der Waals surface area contributed by atoms with Crippen molar-refractivity contribution in [3.8, 4) is 22.9 Å². The van der Waals surface area contributed by atoms with Crippen LogP contribution >= 0.6 is 0 Å². The Kier molecular flexibility index (Phi) is 4.82. The second-order valence-corrected chi connectivity index (χ2v) is 5.90. The first kappa shape index (κ1) is 16.7. The topological polar surface area (TPSA) is 86.1 Å². The lowest BCUT2D eigenvalue weighted by atomic mass is 9.94. The molecule has 1 atom stereocenters. The first-order chi connectivity index (χ1) is 12.1. The van der Waals surface area contributed by atoms with Gasteiger partial charge in [0.15, 0.2) is 6.61 Å². The Bertz CT molecular complexity index is 1000. The number of pyridine rings is 1. The Balaban J connectivity index is 2.17. The molecule has 0 bridgehead atoms. The fraction of sp³-hybridized carbons (Fsp3) is 0.200. The number of ether oxygens (including phenoxy) is 1. The molecule has 0 aliphatic rings. The smallest absolute Gasteiger partial charge is 0.255 e. The van der Waals surface area contributed by atoms with Crippen molar-refractivity contribution in [3.05, 3.63) is 64.6 Å². The highest BCUT2D eigenvalue weighted by molar-refractivity contribution is 5.97. The molecule has 0 saturated heterocycles. The van der Waals surface area contributed by atoms with Gasteiger partial charge in [0.25, 0.3) is 5.56 Å². The number of hydrogen-bond acceptors (Lipinski definition) is 4. The Hall–Kier alpha value is -3.10. The van der Waals surface area contributed by atoms with Crippen LogP contribution in [0.1, 0.15) is 12.5 Å². The number of H-pyrrole nitrogens is 1.